The van der Waals surface area contributed by atoms with E-state index in [0.717, 1.165) is 10.9 Å². The van der Waals surface area contributed by atoms with Gasteiger partial charge in [-0.05, 0) is 6.07 Å². The number of hydrogen-bond acceptors (Lipinski definition) is 5. The first-order valence-electron chi connectivity index (χ1n) is 7.54. The van der Waals surface area contributed by atoms with Gasteiger partial charge in [-0.15, -0.1) is 0 Å². The number of piperidine rings is 1. The molecule has 0 unspecified atom stereocenters. The summed E-state index contributed by atoms with van der Waals surface area (Å²) in [6.07, 6.45) is 2.87. The second kappa shape index (κ2) is 5.30. The van der Waals surface area contributed by atoms with Crippen molar-refractivity contribution in [3.8, 4) is 0 Å². The van der Waals surface area contributed by atoms with Gasteiger partial charge in [0, 0.05) is 31.3 Å². The molecule has 2 aromatic rings. The molecule has 0 aliphatic carbocycles. The summed E-state index contributed by atoms with van der Waals surface area (Å²) < 4.78 is 11.4. The van der Waals surface area contributed by atoms with Gasteiger partial charge in [0.2, 0.25) is 0 Å². The van der Waals surface area contributed by atoms with E-state index in [2.05, 4.69) is 9.97 Å². The summed E-state index contributed by atoms with van der Waals surface area (Å²) in [5.41, 5.74) is 1.26. The number of aromatic nitrogens is 2. The molecule has 2 fully saturated rings. The number of amides is 1. The third kappa shape index (κ3) is 2.24. The Bertz CT molecular complexity index is 697. The monoisotopic (exact) mass is 299 g/mol. The molecule has 1 aromatic heterocycles. The Balaban J connectivity index is 1.57. The number of carbonyl (C=O) groups is 1. The van der Waals surface area contributed by atoms with Crippen molar-refractivity contribution in [3.05, 3.63) is 36.3 Å². The van der Waals surface area contributed by atoms with E-state index >= 15 is 0 Å². The number of hydrogen-bond donors (Lipinski definition) is 0. The molecule has 2 aliphatic heterocycles. The van der Waals surface area contributed by atoms with Crippen LogP contribution in [0.4, 0.5) is 0 Å². The van der Waals surface area contributed by atoms with Crippen molar-refractivity contribution in [3.63, 3.8) is 0 Å². The molecule has 4 rings (SSSR count). The first-order valence-corrected chi connectivity index (χ1v) is 7.54. The number of nitrogens with zero attached hydrogens (tertiary/aromatic N) is 3. The Labute approximate surface area is 128 Å². The average molecular weight is 299 g/mol. The molecule has 114 valence electrons. The van der Waals surface area contributed by atoms with Crippen LogP contribution in [0.1, 0.15) is 23.3 Å². The maximum absolute atomic E-state index is 12.8. The van der Waals surface area contributed by atoms with Gasteiger partial charge in [0.1, 0.15) is 12.0 Å². The lowest BCUT2D eigenvalue weighted by atomic mass is 10.0. The van der Waals surface area contributed by atoms with E-state index in [1.807, 2.05) is 29.2 Å². The van der Waals surface area contributed by atoms with Gasteiger partial charge in [-0.2, -0.15) is 0 Å². The van der Waals surface area contributed by atoms with E-state index in [4.69, 9.17) is 9.47 Å². The number of rotatable bonds is 1. The summed E-state index contributed by atoms with van der Waals surface area (Å²) >= 11 is 0. The fourth-order valence-electron chi connectivity index (χ4n) is 3.16. The van der Waals surface area contributed by atoms with Crippen LogP contribution in [0.15, 0.2) is 30.6 Å². The van der Waals surface area contributed by atoms with Crippen LogP contribution in [0.2, 0.25) is 0 Å². The van der Waals surface area contributed by atoms with Gasteiger partial charge in [0.15, 0.2) is 5.79 Å². The molecule has 3 heterocycles. The third-order valence-electron chi connectivity index (χ3n) is 4.37. The Morgan fingerprint density at radius 3 is 2.59 bits per heavy atom. The van der Waals surface area contributed by atoms with Crippen LogP contribution < -0.4 is 0 Å². The van der Waals surface area contributed by atoms with Crippen molar-refractivity contribution in [1.29, 1.82) is 0 Å². The molecular weight excluding hydrogens is 282 g/mol. The quantitative estimate of drug-likeness (QED) is 0.800. The second-order valence-electron chi connectivity index (χ2n) is 5.64. The highest BCUT2D eigenvalue weighted by Crippen LogP contribution is 2.32. The standard InChI is InChI=1S/C16H17N3O3/c20-15(14-12-3-1-2-4-13(12)17-11-18-14)19-7-5-16(6-8-19)21-9-10-22-16/h1-4,11H,5-10H2. The van der Waals surface area contributed by atoms with E-state index in [9.17, 15) is 4.79 Å². The lowest BCUT2D eigenvalue weighted by molar-refractivity contribution is -0.181. The minimum absolute atomic E-state index is 0.0496. The Hall–Kier alpha value is -2.05. The largest absolute Gasteiger partial charge is 0.347 e. The molecule has 0 saturated carbocycles. The molecule has 22 heavy (non-hydrogen) atoms. The predicted octanol–water partition coefficient (Wildman–Crippen LogP) is 1.61. The Morgan fingerprint density at radius 2 is 1.82 bits per heavy atom. The maximum Gasteiger partial charge on any atom is 0.273 e. The summed E-state index contributed by atoms with van der Waals surface area (Å²) in [6.45, 7) is 2.53. The minimum Gasteiger partial charge on any atom is -0.347 e. The van der Waals surface area contributed by atoms with Crippen LogP contribution in [0.5, 0.6) is 0 Å². The molecule has 0 bridgehead atoms. The lowest BCUT2D eigenvalue weighted by Crippen LogP contribution is -2.47. The highest BCUT2D eigenvalue weighted by Gasteiger charge is 2.41. The SMILES string of the molecule is O=C(c1ncnc2ccccc12)N1CCC2(CC1)OCCO2. The number of ether oxygens (including phenoxy) is 2. The van der Waals surface area contributed by atoms with Crippen LogP contribution in [0, 0.1) is 0 Å². The van der Waals surface area contributed by atoms with Crippen molar-refractivity contribution in [2.45, 2.75) is 18.6 Å². The number of fused-ring (bicyclic) bond motifs is 1. The fraction of sp³-hybridized carbons (Fsp3) is 0.438. The van der Waals surface area contributed by atoms with Crippen LogP contribution >= 0.6 is 0 Å². The first kappa shape index (κ1) is 13.6. The topological polar surface area (TPSA) is 64.6 Å². The Morgan fingerprint density at radius 1 is 1.09 bits per heavy atom. The van der Waals surface area contributed by atoms with Gasteiger partial charge in [-0.3, -0.25) is 4.79 Å². The van der Waals surface area contributed by atoms with Gasteiger partial charge < -0.3 is 14.4 Å². The molecule has 0 radical (unpaired) electrons. The van der Waals surface area contributed by atoms with Crippen molar-refractivity contribution >= 4 is 16.8 Å². The first-order chi connectivity index (χ1) is 10.8. The highest BCUT2D eigenvalue weighted by atomic mass is 16.7. The molecule has 0 atom stereocenters. The van der Waals surface area contributed by atoms with E-state index in [1.165, 1.54) is 6.33 Å². The zero-order valence-corrected chi connectivity index (χ0v) is 12.2. The molecule has 2 saturated heterocycles. The van der Waals surface area contributed by atoms with Crippen molar-refractivity contribution in [2.24, 2.45) is 0 Å². The molecule has 1 amide bonds. The normalized spacial score (nSPS) is 20.6. The predicted molar refractivity (Wildman–Crippen MR) is 79.3 cm³/mol. The minimum atomic E-state index is -0.468. The van der Waals surface area contributed by atoms with Gasteiger partial charge in [0.25, 0.3) is 5.91 Å². The number of likely N-dealkylation sites (tertiary alicyclic amines) is 1. The second-order valence-corrected chi connectivity index (χ2v) is 5.64. The molecule has 6 heteroatoms. The summed E-state index contributed by atoms with van der Waals surface area (Å²) in [5.74, 6) is -0.517. The van der Waals surface area contributed by atoms with E-state index < -0.39 is 5.79 Å². The summed E-state index contributed by atoms with van der Waals surface area (Å²) in [4.78, 5) is 23.0. The van der Waals surface area contributed by atoms with Crippen molar-refractivity contribution in [1.82, 2.24) is 14.9 Å². The molecule has 6 nitrogen and oxygen atoms in total. The maximum atomic E-state index is 12.8. The van der Waals surface area contributed by atoms with Crippen LogP contribution in [0.3, 0.4) is 0 Å². The molecule has 1 spiro atoms. The van der Waals surface area contributed by atoms with E-state index in [1.54, 1.807) is 0 Å². The zero-order chi connectivity index (χ0) is 15.0. The van der Waals surface area contributed by atoms with Gasteiger partial charge in [-0.25, -0.2) is 9.97 Å². The Kier molecular flexibility index (Phi) is 3.28. The van der Waals surface area contributed by atoms with Gasteiger partial charge in [0.05, 0.1) is 18.7 Å². The molecule has 0 N–H and O–H groups in total. The van der Waals surface area contributed by atoms with E-state index in [0.29, 0.717) is 44.8 Å². The van der Waals surface area contributed by atoms with Gasteiger partial charge in [-0.1, -0.05) is 18.2 Å². The zero-order valence-electron chi connectivity index (χ0n) is 12.2. The van der Waals surface area contributed by atoms with Crippen molar-refractivity contribution < 1.29 is 14.3 Å². The number of carbonyl (C=O) groups excluding carboxylic acids is 1. The summed E-state index contributed by atoms with van der Waals surface area (Å²) in [7, 11) is 0. The smallest absolute Gasteiger partial charge is 0.273 e. The fourth-order valence-corrected chi connectivity index (χ4v) is 3.16. The van der Waals surface area contributed by atoms with Gasteiger partial charge >= 0.3 is 0 Å². The van der Waals surface area contributed by atoms with Crippen LogP contribution in [-0.4, -0.2) is 52.9 Å². The third-order valence-corrected chi connectivity index (χ3v) is 4.37. The number of para-hydroxylation sites is 1. The van der Waals surface area contributed by atoms with E-state index in [-0.39, 0.29) is 5.91 Å². The number of benzene rings is 1. The lowest BCUT2D eigenvalue weighted by Gasteiger charge is -2.37. The molecule has 2 aliphatic rings. The average Bonchev–Trinajstić information content (AvgIpc) is 3.02. The van der Waals surface area contributed by atoms with Crippen LogP contribution in [-0.2, 0) is 9.47 Å². The molecular formula is C16H17N3O3. The highest BCUT2D eigenvalue weighted by molar-refractivity contribution is 6.04. The molecule has 1 aromatic carbocycles. The van der Waals surface area contributed by atoms with Crippen molar-refractivity contribution in [2.75, 3.05) is 26.3 Å². The summed E-state index contributed by atoms with van der Waals surface area (Å²) in [5, 5.41) is 0.795. The summed E-state index contributed by atoms with van der Waals surface area (Å²) in [6, 6.07) is 7.58. The van der Waals surface area contributed by atoms with Crippen LogP contribution in [0.25, 0.3) is 10.9 Å².